The van der Waals surface area contributed by atoms with E-state index in [0.717, 1.165) is 31.4 Å². The predicted molar refractivity (Wildman–Crippen MR) is 90.8 cm³/mol. The largest absolute Gasteiger partial charge is 0.356 e. The number of carbonyl (C=O) groups excluding carboxylic acids is 1. The van der Waals surface area contributed by atoms with Gasteiger partial charge < -0.3 is 5.32 Å². The molecule has 0 saturated heterocycles. The van der Waals surface area contributed by atoms with Crippen LogP contribution in [0.25, 0.3) is 0 Å². The Morgan fingerprint density at radius 1 is 1.24 bits per heavy atom. The molecular weight excluding hydrogens is 282 g/mol. The highest BCUT2D eigenvalue weighted by molar-refractivity contribution is 6.18. The summed E-state index contributed by atoms with van der Waals surface area (Å²) in [6.07, 6.45) is 3.04. The molecule has 0 heterocycles. The molecule has 3 heteroatoms. The fourth-order valence-corrected chi connectivity index (χ4v) is 2.64. The van der Waals surface area contributed by atoms with Gasteiger partial charge in [-0.3, -0.25) is 4.79 Å². The summed E-state index contributed by atoms with van der Waals surface area (Å²) in [6, 6.07) is 10.1. The summed E-state index contributed by atoms with van der Waals surface area (Å²) in [6.45, 7) is 7.16. The molecule has 3 atom stereocenters. The molecule has 118 valence electrons. The molecule has 0 aliphatic carbocycles. The van der Waals surface area contributed by atoms with Gasteiger partial charge in [-0.15, -0.1) is 11.6 Å². The molecule has 1 aromatic rings. The Balaban J connectivity index is 2.57. The zero-order valence-electron chi connectivity index (χ0n) is 13.4. The van der Waals surface area contributed by atoms with E-state index in [1.807, 2.05) is 30.3 Å². The van der Waals surface area contributed by atoms with Crippen molar-refractivity contribution >= 4 is 17.5 Å². The van der Waals surface area contributed by atoms with Crippen molar-refractivity contribution in [3.63, 3.8) is 0 Å². The molecule has 0 radical (unpaired) electrons. The van der Waals surface area contributed by atoms with Gasteiger partial charge >= 0.3 is 0 Å². The second kappa shape index (κ2) is 9.83. The second-order valence-corrected chi connectivity index (χ2v) is 6.28. The number of hydrogen-bond acceptors (Lipinski definition) is 1. The quantitative estimate of drug-likeness (QED) is 0.525. The number of hydrogen-bond donors (Lipinski definition) is 1. The van der Waals surface area contributed by atoms with Crippen molar-refractivity contribution in [3.8, 4) is 0 Å². The van der Waals surface area contributed by atoms with Gasteiger partial charge in [0, 0.05) is 12.4 Å². The minimum atomic E-state index is -0.0540. The van der Waals surface area contributed by atoms with Crippen LogP contribution in [0.2, 0.25) is 0 Å². The number of halogens is 1. The van der Waals surface area contributed by atoms with Crippen molar-refractivity contribution in [2.75, 3.05) is 12.4 Å². The first-order chi connectivity index (χ1) is 10.1. The Hall–Kier alpha value is -1.02. The fourth-order valence-electron chi connectivity index (χ4n) is 2.48. The van der Waals surface area contributed by atoms with Crippen molar-refractivity contribution in [3.05, 3.63) is 35.9 Å². The van der Waals surface area contributed by atoms with Crippen molar-refractivity contribution in [1.82, 2.24) is 5.32 Å². The van der Waals surface area contributed by atoms with E-state index in [1.54, 1.807) is 0 Å². The molecule has 21 heavy (non-hydrogen) atoms. The summed E-state index contributed by atoms with van der Waals surface area (Å²) in [5.74, 6) is 1.64. The molecule has 1 aromatic carbocycles. The van der Waals surface area contributed by atoms with Crippen molar-refractivity contribution in [1.29, 1.82) is 0 Å². The molecule has 1 N–H and O–H groups in total. The van der Waals surface area contributed by atoms with Crippen LogP contribution in [0.3, 0.4) is 0 Å². The zero-order valence-corrected chi connectivity index (χ0v) is 14.2. The molecule has 0 aromatic heterocycles. The number of alkyl halides is 1. The standard InChI is InChI=1S/C18H28ClNO/c1-4-15(3)17(16-10-6-5-7-11-16)18(21)20-12-8-9-14(2)13-19/h5-7,10-11,14-15,17H,4,8-9,12-13H2,1-3H3,(H,20,21). The lowest BCUT2D eigenvalue weighted by Gasteiger charge is -2.23. The molecule has 0 aliphatic heterocycles. The van der Waals surface area contributed by atoms with E-state index in [2.05, 4.69) is 26.1 Å². The lowest BCUT2D eigenvalue weighted by Crippen LogP contribution is -2.33. The van der Waals surface area contributed by atoms with Crippen LogP contribution in [0, 0.1) is 11.8 Å². The number of rotatable bonds is 9. The Labute approximate surface area is 134 Å². The molecule has 0 saturated carbocycles. The molecule has 0 bridgehead atoms. The fraction of sp³-hybridized carbons (Fsp3) is 0.611. The summed E-state index contributed by atoms with van der Waals surface area (Å²) in [5, 5.41) is 3.09. The van der Waals surface area contributed by atoms with Crippen LogP contribution in [0.4, 0.5) is 0 Å². The Kier molecular flexibility index (Phi) is 8.44. The van der Waals surface area contributed by atoms with Gasteiger partial charge in [0.05, 0.1) is 5.92 Å². The van der Waals surface area contributed by atoms with Crippen LogP contribution in [0.1, 0.15) is 51.5 Å². The average molecular weight is 310 g/mol. The van der Waals surface area contributed by atoms with E-state index in [0.29, 0.717) is 17.7 Å². The van der Waals surface area contributed by atoms with Crippen LogP contribution >= 0.6 is 11.6 Å². The van der Waals surface area contributed by atoms with Gasteiger partial charge in [-0.25, -0.2) is 0 Å². The number of amides is 1. The van der Waals surface area contributed by atoms with Gasteiger partial charge in [0.1, 0.15) is 0 Å². The second-order valence-electron chi connectivity index (χ2n) is 5.97. The molecule has 0 fully saturated rings. The third-order valence-electron chi connectivity index (χ3n) is 4.09. The maximum Gasteiger partial charge on any atom is 0.227 e. The average Bonchev–Trinajstić information content (AvgIpc) is 2.52. The summed E-state index contributed by atoms with van der Waals surface area (Å²) in [7, 11) is 0. The van der Waals surface area contributed by atoms with Gasteiger partial charge in [0.25, 0.3) is 0 Å². The van der Waals surface area contributed by atoms with Crippen molar-refractivity contribution in [2.45, 2.75) is 46.0 Å². The SMILES string of the molecule is CCC(C)C(C(=O)NCCCC(C)CCl)c1ccccc1. The number of nitrogens with one attached hydrogen (secondary N) is 1. The van der Waals surface area contributed by atoms with E-state index in [1.165, 1.54) is 0 Å². The Morgan fingerprint density at radius 3 is 2.48 bits per heavy atom. The highest BCUT2D eigenvalue weighted by atomic mass is 35.5. The van der Waals surface area contributed by atoms with Crippen LogP contribution in [0.5, 0.6) is 0 Å². The van der Waals surface area contributed by atoms with Crippen LogP contribution in [-0.2, 0) is 4.79 Å². The van der Waals surface area contributed by atoms with Crippen LogP contribution < -0.4 is 5.32 Å². The van der Waals surface area contributed by atoms with Gasteiger partial charge in [0.2, 0.25) is 5.91 Å². The maximum atomic E-state index is 12.5. The number of benzene rings is 1. The van der Waals surface area contributed by atoms with Crippen LogP contribution in [0.15, 0.2) is 30.3 Å². The molecular formula is C18H28ClNO. The topological polar surface area (TPSA) is 29.1 Å². The van der Waals surface area contributed by atoms with Gasteiger partial charge in [-0.1, -0.05) is 57.5 Å². The van der Waals surface area contributed by atoms with Gasteiger partial charge in [-0.2, -0.15) is 0 Å². The molecule has 1 amide bonds. The minimum absolute atomic E-state index is 0.0540. The third-order valence-corrected chi connectivity index (χ3v) is 4.62. The Bertz CT molecular complexity index is 407. The van der Waals surface area contributed by atoms with E-state index < -0.39 is 0 Å². The lowest BCUT2D eigenvalue weighted by atomic mass is 9.85. The summed E-state index contributed by atoms with van der Waals surface area (Å²) in [5.41, 5.74) is 1.11. The van der Waals surface area contributed by atoms with E-state index in [9.17, 15) is 4.79 Å². The third kappa shape index (κ3) is 6.09. The van der Waals surface area contributed by atoms with Crippen LogP contribution in [-0.4, -0.2) is 18.3 Å². The first-order valence-corrected chi connectivity index (χ1v) is 8.52. The Morgan fingerprint density at radius 2 is 1.90 bits per heavy atom. The molecule has 3 unspecified atom stereocenters. The first-order valence-electron chi connectivity index (χ1n) is 7.98. The predicted octanol–water partition coefficient (Wildman–Crippen LogP) is 4.59. The molecule has 0 aliphatic rings. The molecule has 2 nitrogen and oxygen atoms in total. The van der Waals surface area contributed by atoms with E-state index in [-0.39, 0.29) is 11.8 Å². The maximum absolute atomic E-state index is 12.5. The first kappa shape index (κ1) is 18.0. The number of carbonyl (C=O) groups is 1. The van der Waals surface area contributed by atoms with E-state index in [4.69, 9.17) is 11.6 Å². The van der Waals surface area contributed by atoms with Gasteiger partial charge in [-0.05, 0) is 30.2 Å². The van der Waals surface area contributed by atoms with Gasteiger partial charge in [0.15, 0.2) is 0 Å². The minimum Gasteiger partial charge on any atom is -0.356 e. The monoisotopic (exact) mass is 309 g/mol. The lowest BCUT2D eigenvalue weighted by molar-refractivity contribution is -0.123. The normalized spacial score (nSPS) is 15.2. The smallest absolute Gasteiger partial charge is 0.227 e. The van der Waals surface area contributed by atoms with Crippen molar-refractivity contribution in [2.24, 2.45) is 11.8 Å². The summed E-state index contributed by atoms with van der Waals surface area (Å²) in [4.78, 5) is 12.5. The molecule has 0 spiro atoms. The highest BCUT2D eigenvalue weighted by Crippen LogP contribution is 2.27. The van der Waals surface area contributed by atoms with E-state index >= 15 is 0 Å². The molecule has 1 rings (SSSR count). The zero-order chi connectivity index (χ0) is 15.7. The van der Waals surface area contributed by atoms with Crippen molar-refractivity contribution < 1.29 is 4.79 Å². The highest BCUT2D eigenvalue weighted by Gasteiger charge is 2.25. The summed E-state index contributed by atoms with van der Waals surface area (Å²) < 4.78 is 0. The summed E-state index contributed by atoms with van der Waals surface area (Å²) >= 11 is 5.80.